The Hall–Kier alpha value is -2.53. The molecule has 0 aliphatic carbocycles. The lowest BCUT2D eigenvalue weighted by molar-refractivity contribution is 0.242. The van der Waals surface area contributed by atoms with Gasteiger partial charge in [0.25, 0.3) is 0 Å². The van der Waals surface area contributed by atoms with E-state index in [1.54, 1.807) is 0 Å². The highest BCUT2D eigenvalue weighted by Gasteiger charge is 2.21. The Morgan fingerprint density at radius 2 is 1.92 bits per heavy atom. The van der Waals surface area contributed by atoms with Crippen LogP contribution in [0.5, 0.6) is 0 Å². The molecule has 0 amide bonds. The minimum Gasteiger partial charge on any atom is -0.294 e. The van der Waals surface area contributed by atoms with Crippen molar-refractivity contribution < 1.29 is 0 Å². The van der Waals surface area contributed by atoms with Crippen LogP contribution in [-0.2, 0) is 26.6 Å². The van der Waals surface area contributed by atoms with Gasteiger partial charge in [0.15, 0.2) is 5.82 Å². The van der Waals surface area contributed by atoms with Crippen molar-refractivity contribution in [2.24, 2.45) is 7.05 Å². The van der Waals surface area contributed by atoms with Gasteiger partial charge in [-0.2, -0.15) is 5.10 Å². The van der Waals surface area contributed by atoms with Crippen molar-refractivity contribution >= 4 is 0 Å². The lowest BCUT2D eigenvalue weighted by Crippen LogP contribution is -2.31. The van der Waals surface area contributed by atoms with Crippen LogP contribution in [0.4, 0.5) is 0 Å². The standard InChI is InChI=1S/C20H23N5/c1-14-18(15(2)24(3)23-14)13-25-10-9-19-17(12-25)11-21-20(22-19)16-7-5-4-6-8-16/h4-8,11H,9-10,12-13H2,1-3H3. The summed E-state index contributed by atoms with van der Waals surface area (Å²) in [4.78, 5) is 11.9. The van der Waals surface area contributed by atoms with Crippen molar-refractivity contribution in [3.8, 4) is 11.4 Å². The Bertz CT molecular complexity index is 898. The van der Waals surface area contributed by atoms with Crippen molar-refractivity contribution in [3.05, 3.63) is 64.7 Å². The van der Waals surface area contributed by atoms with Crippen LogP contribution in [0.3, 0.4) is 0 Å². The molecule has 0 saturated heterocycles. The molecule has 5 nitrogen and oxygen atoms in total. The largest absolute Gasteiger partial charge is 0.294 e. The minimum atomic E-state index is 0.826. The number of hydrogen-bond donors (Lipinski definition) is 0. The highest BCUT2D eigenvalue weighted by atomic mass is 15.3. The van der Waals surface area contributed by atoms with Crippen LogP contribution in [-0.4, -0.2) is 31.2 Å². The van der Waals surface area contributed by atoms with Gasteiger partial charge in [-0.25, -0.2) is 9.97 Å². The van der Waals surface area contributed by atoms with E-state index in [0.29, 0.717) is 0 Å². The van der Waals surface area contributed by atoms with Crippen LogP contribution >= 0.6 is 0 Å². The first-order valence-corrected chi connectivity index (χ1v) is 8.73. The van der Waals surface area contributed by atoms with E-state index < -0.39 is 0 Å². The molecule has 5 heteroatoms. The molecule has 0 saturated carbocycles. The number of rotatable bonds is 3. The number of benzene rings is 1. The summed E-state index contributed by atoms with van der Waals surface area (Å²) in [6.07, 6.45) is 2.97. The summed E-state index contributed by atoms with van der Waals surface area (Å²) in [7, 11) is 2.01. The number of fused-ring (bicyclic) bond motifs is 1. The topological polar surface area (TPSA) is 46.8 Å². The van der Waals surface area contributed by atoms with Gasteiger partial charge < -0.3 is 0 Å². The average molecular weight is 333 g/mol. The second kappa shape index (κ2) is 6.41. The first kappa shape index (κ1) is 16.0. The first-order chi connectivity index (χ1) is 12.1. The highest BCUT2D eigenvalue weighted by Crippen LogP contribution is 2.23. The first-order valence-electron chi connectivity index (χ1n) is 8.73. The number of nitrogens with zero attached hydrogens (tertiary/aromatic N) is 5. The van der Waals surface area contributed by atoms with Gasteiger partial charge in [-0.15, -0.1) is 0 Å². The lowest BCUT2D eigenvalue weighted by Gasteiger charge is -2.28. The molecule has 0 bridgehead atoms. The van der Waals surface area contributed by atoms with Gasteiger partial charge in [-0.05, 0) is 13.8 Å². The fraction of sp³-hybridized carbons (Fsp3) is 0.350. The van der Waals surface area contributed by atoms with Crippen molar-refractivity contribution in [3.63, 3.8) is 0 Å². The highest BCUT2D eigenvalue weighted by molar-refractivity contribution is 5.54. The Labute approximate surface area is 148 Å². The molecule has 128 valence electrons. The van der Waals surface area contributed by atoms with Crippen molar-refractivity contribution in [2.75, 3.05) is 6.54 Å². The van der Waals surface area contributed by atoms with Crippen LogP contribution < -0.4 is 0 Å². The van der Waals surface area contributed by atoms with Crippen LogP contribution in [0, 0.1) is 13.8 Å². The fourth-order valence-electron chi connectivity index (χ4n) is 3.51. The maximum atomic E-state index is 4.81. The third kappa shape index (κ3) is 3.07. The third-order valence-corrected chi connectivity index (χ3v) is 5.09. The maximum Gasteiger partial charge on any atom is 0.159 e. The zero-order valence-corrected chi connectivity index (χ0v) is 15.0. The number of aryl methyl sites for hydroxylation is 2. The van der Waals surface area contributed by atoms with E-state index in [1.165, 1.54) is 22.5 Å². The molecule has 0 atom stereocenters. The van der Waals surface area contributed by atoms with E-state index in [2.05, 4.69) is 41.0 Å². The van der Waals surface area contributed by atoms with Crippen LogP contribution in [0.25, 0.3) is 11.4 Å². The van der Waals surface area contributed by atoms with Gasteiger partial charge in [0.1, 0.15) is 0 Å². The second-order valence-corrected chi connectivity index (χ2v) is 6.77. The van der Waals surface area contributed by atoms with Gasteiger partial charge in [0.2, 0.25) is 0 Å². The summed E-state index contributed by atoms with van der Waals surface area (Å²) < 4.78 is 1.97. The molecule has 0 N–H and O–H groups in total. The molecule has 1 aliphatic rings. The zero-order valence-electron chi connectivity index (χ0n) is 15.0. The summed E-state index contributed by atoms with van der Waals surface area (Å²) >= 11 is 0. The van der Waals surface area contributed by atoms with Crippen LogP contribution in [0.1, 0.15) is 28.2 Å². The molecule has 0 spiro atoms. The molecule has 1 aliphatic heterocycles. The SMILES string of the molecule is Cc1nn(C)c(C)c1CN1CCc2nc(-c3ccccc3)ncc2C1. The van der Waals surface area contributed by atoms with E-state index in [4.69, 9.17) is 4.98 Å². The summed E-state index contributed by atoms with van der Waals surface area (Å²) in [6, 6.07) is 10.2. The Morgan fingerprint density at radius 3 is 2.64 bits per heavy atom. The van der Waals surface area contributed by atoms with Crippen molar-refractivity contribution in [2.45, 2.75) is 33.4 Å². The third-order valence-electron chi connectivity index (χ3n) is 5.09. The lowest BCUT2D eigenvalue weighted by atomic mass is 10.1. The van der Waals surface area contributed by atoms with Gasteiger partial charge in [0, 0.05) is 61.7 Å². The Balaban J connectivity index is 1.54. The van der Waals surface area contributed by atoms with Gasteiger partial charge in [-0.1, -0.05) is 30.3 Å². The predicted octanol–water partition coefficient (Wildman–Crippen LogP) is 3.05. The van der Waals surface area contributed by atoms with E-state index in [-0.39, 0.29) is 0 Å². The normalized spacial score (nSPS) is 14.5. The molecule has 3 aromatic rings. The average Bonchev–Trinajstić information content (AvgIpc) is 2.88. The van der Waals surface area contributed by atoms with E-state index in [1.807, 2.05) is 36.1 Å². The Kier molecular flexibility index (Phi) is 4.09. The quantitative estimate of drug-likeness (QED) is 0.739. The zero-order chi connectivity index (χ0) is 17.4. The molecule has 4 rings (SSSR count). The smallest absolute Gasteiger partial charge is 0.159 e. The molecule has 1 aromatic carbocycles. The molecular weight excluding hydrogens is 310 g/mol. The number of aromatic nitrogens is 4. The van der Waals surface area contributed by atoms with Crippen molar-refractivity contribution in [1.29, 1.82) is 0 Å². The Morgan fingerprint density at radius 1 is 1.12 bits per heavy atom. The molecule has 0 radical (unpaired) electrons. The summed E-state index contributed by atoms with van der Waals surface area (Å²) in [6.45, 7) is 7.09. The van der Waals surface area contributed by atoms with E-state index in [9.17, 15) is 0 Å². The molecular formula is C20H23N5. The minimum absolute atomic E-state index is 0.826. The molecule has 3 heterocycles. The molecule has 25 heavy (non-hydrogen) atoms. The van der Waals surface area contributed by atoms with Gasteiger partial charge in [-0.3, -0.25) is 9.58 Å². The van der Waals surface area contributed by atoms with E-state index >= 15 is 0 Å². The second-order valence-electron chi connectivity index (χ2n) is 6.77. The fourth-order valence-corrected chi connectivity index (χ4v) is 3.51. The monoisotopic (exact) mass is 333 g/mol. The maximum absolute atomic E-state index is 4.81. The van der Waals surface area contributed by atoms with Crippen LogP contribution in [0.15, 0.2) is 36.5 Å². The number of hydrogen-bond acceptors (Lipinski definition) is 4. The summed E-state index contributed by atoms with van der Waals surface area (Å²) in [5, 5.41) is 4.53. The molecule has 2 aromatic heterocycles. The van der Waals surface area contributed by atoms with Crippen molar-refractivity contribution in [1.82, 2.24) is 24.6 Å². The van der Waals surface area contributed by atoms with Gasteiger partial charge in [0.05, 0.1) is 11.4 Å². The summed E-state index contributed by atoms with van der Waals surface area (Å²) in [5.74, 6) is 0.826. The predicted molar refractivity (Wildman–Crippen MR) is 98.0 cm³/mol. The molecule has 0 unspecified atom stereocenters. The van der Waals surface area contributed by atoms with Gasteiger partial charge >= 0.3 is 0 Å². The summed E-state index contributed by atoms with van der Waals surface area (Å²) in [5.41, 5.74) is 7.22. The van der Waals surface area contributed by atoms with Crippen LogP contribution in [0.2, 0.25) is 0 Å². The molecule has 0 fully saturated rings. The van der Waals surface area contributed by atoms with E-state index in [0.717, 1.165) is 43.1 Å².